The van der Waals surface area contributed by atoms with Gasteiger partial charge in [-0.2, -0.15) is 6.08 Å². The molecule has 2 nitrogen and oxygen atoms in total. The molecule has 1 aliphatic rings. The molecule has 0 aliphatic carbocycles. The normalized spacial score (nSPS) is 22.7. The molecule has 1 unspecified atom stereocenters. The second-order valence-corrected chi connectivity index (χ2v) is 2.95. The zero-order valence-corrected chi connectivity index (χ0v) is 10.0. The van der Waals surface area contributed by atoms with Gasteiger partial charge in [0.05, 0.1) is 5.91 Å². The summed E-state index contributed by atoms with van der Waals surface area (Å²) >= 11 is 0. The summed E-state index contributed by atoms with van der Waals surface area (Å²) in [6, 6.07) is 0.187. The topological polar surface area (TPSA) is 20.3 Å². The predicted molar refractivity (Wildman–Crippen MR) is 39.2 cm³/mol. The van der Waals surface area contributed by atoms with Crippen LogP contribution in [-0.2, 0) is 37.5 Å². The number of hydrogen-bond acceptors (Lipinski definition) is 1. The van der Waals surface area contributed by atoms with Crippen LogP contribution in [0.1, 0.15) is 13.8 Å². The minimum atomic E-state index is 0. The summed E-state index contributed by atoms with van der Waals surface area (Å²) in [5.41, 5.74) is 0. The number of hydrogen-bond donors (Lipinski definition) is 0. The molecule has 1 amide bonds. The van der Waals surface area contributed by atoms with Crippen molar-refractivity contribution >= 4 is 5.91 Å². The van der Waals surface area contributed by atoms with Crippen molar-refractivity contribution in [1.82, 2.24) is 4.90 Å². The fraction of sp³-hybridized carbons (Fsp3) is 0.625. The fourth-order valence-electron chi connectivity index (χ4n) is 1.15. The first-order chi connectivity index (χ1) is 4.63. The maximum absolute atomic E-state index is 10.9. The zero-order chi connectivity index (χ0) is 7.72. The van der Waals surface area contributed by atoms with Gasteiger partial charge < -0.3 is 9.69 Å². The molecule has 0 N–H and O–H groups in total. The van der Waals surface area contributed by atoms with Crippen LogP contribution in [-0.4, -0.2) is 23.9 Å². The molecule has 11 heavy (non-hydrogen) atoms. The van der Waals surface area contributed by atoms with Gasteiger partial charge >= 0.3 is 32.7 Å². The Bertz CT molecular complexity index is 177. The molecule has 0 saturated heterocycles. The van der Waals surface area contributed by atoms with Gasteiger partial charge in [-0.25, -0.2) is 6.08 Å². The van der Waals surface area contributed by atoms with E-state index in [1.54, 1.807) is 4.90 Å². The van der Waals surface area contributed by atoms with E-state index in [1.807, 2.05) is 7.05 Å². The Morgan fingerprint density at radius 1 is 1.64 bits per heavy atom. The van der Waals surface area contributed by atoms with Gasteiger partial charge in [0.25, 0.3) is 0 Å². The van der Waals surface area contributed by atoms with Crippen molar-refractivity contribution in [2.75, 3.05) is 7.05 Å². The zero-order valence-electron chi connectivity index (χ0n) is 7.16. The number of carbonyl (C=O) groups excluding carboxylic acids is 1. The van der Waals surface area contributed by atoms with E-state index >= 15 is 0 Å². The quantitative estimate of drug-likeness (QED) is 0.608. The average molecular weight is 227 g/mol. The summed E-state index contributed by atoms with van der Waals surface area (Å²) in [6.45, 7) is 4.17. The molecule has 1 atom stereocenters. The summed E-state index contributed by atoms with van der Waals surface area (Å²) in [5.74, 6) is 0.534. The van der Waals surface area contributed by atoms with E-state index in [0.717, 1.165) is 0 Å². The van der Waals surface area contributed by atoms with Gasteiger partial charge in [-0.05, 0) is 19.0 Å². The summed E-state index contributed by atoms with van der Waals surface area (Å²) in [7, 11) is 1.81. The standard InChI is InChI=1S/C8H12NO.Y/c1-6(2)7-4-5-8(10)9(7)3;/h5-7H,1-3H3;/q-1;+3. The molecule has 1 rings (SSSR count). The van der Waals surface area contributed by atoms with Crippen molar-refractivity contribution < 1.29 is 37.5 Å². The molecule has 0 bridgehead atoms. The van der Waals surface area contributed by atoms with Gasteiger partial charge in [0.2, 0.25) is 0 Å². The van der Waals surface area contributed by atoms with Gasteiger partial charge in [-0.15, -0.1) is 0 Å². The molecule has 0 radical (unpaired) electrons. The minimum absolute atomic E-state index is 0. The van der Waals surface area contributed by atoms with E-state index in [-0.39, 0.29) is 44.7 Å². The first-order valence-corrected chi connectivity index (χ1v) is 3.49. The Morgan fingerprint density at radius 2 is 2.18 bits per heavy atom. The molecule has 1 heterocycles. The fourth-order valence-corrected chi connectivity index (χ4v) is 1.15. The van der Waals surface area contributed by atoms with E-state index < -0.39 is 0 Å². The molecule has 0 spiro atoms. The van der Waals surface area contributed by atoms with Crippen LogP contribution in [0.4, 0.5) is 0 Å². The Hall–Kier alpha value is 0.314. The third-order valence-electron chi connectivity index (χ3n) is 1.77. The van der Waals surface area contributed by atoms with Crippen molar-refractivity contribution in [3.8, 4) is 0 Å². The molecule has 0 aromatic rings. The van der Waals surface area contributed by atoms with Crippen LogP contribution in [0, 0.1) is 12.0 Å². The van der Waals surface area contributed by atoms with Gasteiger partial charge in [0, 0.05) is 0 Å². The first-order valence-electron chi connectivity index (χ1n) is 3.49. The summed E-state index contributed by atoms with van der Waals surface area (Å²) < 4.78 is 0. The van der Waals surface area contributed by atoms with E-state index in [0.29, 0.717) is 5.92 Å². The number of nitrogens with zero attached hydrogens (tertiary/aromatic N) is 1. The monoisotopic (exact) mass is 227 g/mol. The van der Waals surface area contributed by atoms with Gasteiger partial charge in [0.1, 0.15) is 0 Å². The minimum Gasteiger partial charge on any atom is -0.429 e. The SMILES string of the molecule is CC(C)C1[C-]=CC(=O)N1C.[Y+3]. The molecular weight excluding hydrogens is 215 g/mol. The molecule has 1 aliphatic heterocycles. The molecule has 0 fully saturated rings. The van der Waals surface area contributed by atoms with Gasteiger partial charge in [-0.3, -0.25) is 0 Å². The Kier molecular flexibility index (Phi) is 4.49. The van der Waals surface area contributed by atoms with Crippen molar-refractivity contribution in [3.63, 3.8) is 0 Å². The summed E-state index contributed by atoms with van der Waals surface area (Å²) in [5, 5.41) is 0. The Morgan fingerprint density at radius 3 is 2.36 bits per heavy atom. The van der Waals surface area contributed by atoms with E-state index in [1.165, 1.54) is 6.08 Å². The van der Waals surface area contributed by atoms with Crippen LogP contribution in [0.3, 0.4) is 0 Å². The van der Waals surface area contributed by atoms with Crippen LogP contribution in [0.25, 0.3) is 0 Å². The number of rotatable bonds is 1. The third-order valence-corrected chi connectivity index (χ3v) is 1.77. The number of likely N-dealkylation sites (N-methyl/N-ethyl adjacent to an activating group) is 1. The molecule has 0 aromatic heterocycles. The van der Waals surface area contributed by atoms with E-state index in [2.05, 4.69) is 19.9 Å². The number of amides is 1. The first kappa shape index (κ1) is 11.3. The van der Waals surface area contributed by atoms with Gasteiger partial charge in [-0.1, -0.05) is 13.8 Å². The van der Waals surface area contributed by atoms with Crippen molar-refractivity contribution in [2.24, 2.45) is 5.92 Å². The maximum atomic E-state index is 10.9. The van der Waals surface area contributed by atoms with Gasteiger partial charge in [0.15, 0.2) is 0 Å². The largest absolute Gasteiger partial charge is 3.00 e. The summed E-state index contributed by atoms with van der Waals surface area (Å²) in [4.78, 5) is 12.6. The van der Waals surface area contributed by atoms with Crippen molar-refractivity contribution in [1.29, 1.82) is 0 Å². The Balaban J connectivity index is 0.000001000. The average Bonchev–Trinajstić information content (AvgIpc) is 2.14. The van der Waals surface area contributed by atoms with Crippen LogP contribution in [0.5, 0.6) is 0 Å². The molecule has 0 saturated carbocycles. The smallest absolute Gasteiger partial charge is 0.429 e. The van der Waals surface area contributed by atoms with Crippen LogP contribution in [0.2, 0.25) is 0 Å². The second-order valence-electron chi connectivity index (χ2n) is 2.95. The third kappa shape index (κ3) is 2.38. The van der Waals surface area contributed by atoms with Crippen LogP contribution in [0.15, 0.2) is 6.08 Å². The Labute approximate surface area is 92.9 Å². The van der Waals surface area contributed by atoms with Crippen LogP contribution < -0.4 is 0 Å². The molecule has 3 heteroatoms. The molecular formula is C8H12NOY+2. The maximum Gasteiger partial charge on any atom is 3.00 e. The van der Waals surface area contributed by atoms with E-state index in [9.17, 15) is 4.79 Å². The van der Waals surface area contributed by atoms with Crippen molar-refractivity contribution in [2.45, 2.75) is 19.9 Å². The predicted octanol–water partition coefficient (Wildman–Crippen LogP) is 0.840. The van der Waals surface area contributed by atoms with Crippen LogP contribution >= 0.6 is 0 Å². The molecule has 56 valence electrons. The number of carbonyl (C=O) groups is 1. The molecule has 0 aromatic carbocycles. The van der Waals surface area contributed by atoms with Crippen molar-refractivity contribution in [3.05, 3.63) is 12.2 Å². The van der Waals surface area contributed by atoms with E-state index in [4.69, 9.17) is 0 Å². The summed E-state index contributed by atoms with van der Waals surface area (Å²) in [6.07, 6.45) is 4.53. The second kappa shape index (κ2) is 4.37.